The molecule has 2 aromatic rings. The van der Waals surface area contributed by atoms with E-state index in [2.05, 4.69) is 15.5 Å². The van der Waals surface area contributed by atoms with E-state index in [0.29, 0.717) is 15.7 Å². The number of nitrogens with one attached hydrogen (secondary N) is 1. The molecule has 3 N–H and O–H groups in total. The molecule has 0 unspecified atom stereocenters. The third kappa shape index (κ3) is 3.08. The second-order valence-electron chi connectivity index (χ2n) is 3.51. The lowest BCUT2D eigenvalue weighted by atomic mass is 10.2. The Morgan fingerprint density at radius 3 is 3.00 bits per heavy atom. The van der Waals surface area contributed by atoms with Gasteiger partial charge in [0.2, 0.25) is 11.0 Å². The van der Waals surface area contributed by atoms with Crippen molar-refractivity contribution in [2.45, 2.75) is 6.42 Å². The molecule has 0 radical (unpaired) electrons. The zero-order valence-electron chi connectivity index (χ0n) is 9.39. The Balaban J connectivity index is 2.13. The Kier molecular flexibility index (Phi) is 3.96. The summed E-state index contributed by atoms with van der Waals surface area (Å²) < 4.78 is 13.0. The number of amides is 1. The quantitative estimate of drug-likeness (QED) is 0.881. The Hall–Kier alpha value is -1.86. The Labute approximate surface area is 107 Å². The number of carbonyl (C=O) groups excluding carboxylic acids is 1. The number of hydrogen-bond donors (Lipinski definition) is 2. The van der Waals surface area contributed by atoms with E-state index in [1.165, 1.54) is 23.5 Å². The van der Waals surface area contributed by atoms with Crippen LogP contribution in [0.1, 0.15) is 6.42 Å². The van der Waals surface area contributed by atoms with Crippen molar-refractivity contribution in [3.05, 3.63) is 30.1 Å². The van der Waals surface area contributed by atoms with Gasteiger partial charge in [-0.2, -0.15) is 0 Å². The van der Waals surface area contributed by atoms with Crippen LogP contribution in [-0.2, 0) is 4.79 Å². The van der Waals surface area contributed by atoms with E-state index in [1.807, 2.05) is 0 Å². The Bertz CT molecular complexity index is 557. The van der Waals surface area contributed by atoms with Gasteiger partial charge in [0.1, 0.15) is 10.8 Å². The minimum Gasteiger partial charge on any atom is -0.330 e. The molecule has 0 bridgehead atoms. The molecule has 0 atom stereocenters. The van der Waals surface area contributed by atoms with E-state index in [-0.39, 0.29) is 24.7 Å². The number of rotatable bonds is 4. The van der Waals surface area contributed by atoms with Crippen LogP contribution in [0.2, 0.25) is 0 Å². The van der Waals surface area contributed by atoms with Crippen LogP contribution < -0.4 is 11.1 Å². The van der Waals surface area contributed by atoms with Crippen LogP contribution in [0.3, 0.4) is 0 Å². The van der Waals surface area contributed by atoms with E-state index in [9.17, 15) is 9.18 Å². The van der Waals surface area contributed by atoms with Gasteiger partial charge in [0.25, 0.3) is 0 Å². The molecule has 0 spiro atoms. The minimum absolute atomic E-state index is 0.209. The maximum Gasteiger partial charge on any atom is 0.227 e. The molecule has 1 heterocycles. The van der Waals surface area contributed by atoms with Crippen molar-refractivity contribution in [1.82, 2.24) is 10.2 Å². The van der Waals surface area contributed by atoms with Crippen molar-refractivity contribution in [2.24, 2.45) is 5.73 Å². The van der Waals surface area contributed by atoms with Gasteiger partial charge < -0.3 is 11.1 Å². The summed E-state index contributed by atoms with van der Waals surface area (Å²) in [7, 11) is 0. The first-order valence-corrected chi connectivity index (χ1v) is 6.10. The number of nitrogens with two attached hydrogens (primary N) is 1. The first kappa shape index (κ1) is 12.6. The van der Waals surface area contributed by atoms with Crippen molar-refractivity contribution in [1.29, 1.82) is 0 Å². The molecule has 0 aliphatic carbocycles. The lowest BCUT2D eigenvalue weighted by Gasteiger charge is -1.97. The molecule has 94 valence electrons. The van der Waals surface area contributed by atoms with Gasteiger partial charge in [-0.1, -0.05) is 23.5 Å². The average molecular weight is 266 g/mol. The smallest absolute Gasteiger partial charge is 0.227 e. The molecule has 0 fully saturated rings. The molecule has 0 saturated carbocycles. The van der Waals surface area contributed by atoms with Crippen molar-refractivity contribution < 1.29 is 9.18 Å². The largest absolute Gasteiger partial charge is 0.330 e. The summed E-state index contributed by atoms with van der Waals surface area (Å²) in [5.41, 5.74) is 5.89. The van der Waals surface area contributed by atoms with Gasteiger partial charge in [0, 0.05) is 18.5 Å². The first-order chi connectivity index (χ1) is 8.69. The van der Waals surface area contributed by atoms with E-state index in [1.54, 1.807) is 12.1 Å². The summed E-state index contributed by atoms with van der Waals surface area (Å²) in [4.78, 5) is 11.3. The molecule has 1 aromatic carbocycles. The lowest BCUT2D eigenvalue weighted by molar-refractivity contribution is -0.116. The molecular formula is C11H11FN4OS. The predicted octanol–water partition coefficient (Wildman–Crippen LogP) is 1.63. The van der Waals surface area contributed by atoms with Crippen molar-refractivity contribution in [3.63, 3.8) is 0 Å². The minimum atomic E-state index is -0.337. The molecule has 1 amide bonds. The summed E-state index contributed by atoms with van der Waals surface area (Å²) in [6, 6.07) is 6.05. The van der Waals surface area contributed by atoms with Gasteiger partial charge in [-0.3, -0.25) is 4.79 Å². The summed E-state index contributed by atoms with van der Waals surface area (Å²) in [5.74, 6) is -0.546. The third-order valence-electron chi connectivity index (χ3n) is 2.11. The maximum atomic E-state index is 13.0. The number of aromatic nitrogens is 2. The Morgan fingerprint density at radius 1 is 1.44 bits per heavy atom. The average Bonchev–Trinajstić information content (AvgIpc) is 2.78. The highest BCUT2D eigenvalue weighted by molar-refractivity contribution is 7.18. The highest BCUT2D eigenvalue weighted by Gasteiger charge is 2.09. The fourth-order valence-electron chi connectivity index (χ4n) is 1.32. The highest BCUT2D eigenvalue weighted by Crippen LogP contribution is 2.26. The lowest BCUT2D eigenvalue weighted by Crippen LogP contribution is -2.15. The van der Waals surface area contributed by atoms with E-state index < -0.39 is 0 Å². The second-order valence-corrected chi connectivity index (χ2v) is 4.49. The van der Waals surface area contributed by atoms with Gasteiger partial charge in [-0.05, 0) is 12.1 Å². The first-order valence-electron chi connectivity index (χ1n) is 5.28. The third-order valence-corrected chi connectivity index (χ3v) is 3.00. The van der Waals surface area contributed by atoms with Gasteiger partial charge in [-0.15, -0.1) is 10.2 Å². The van der Waals surface area contributed by atoms with Crippen LogP contribution in [0.15, 0.2) is 24.3 Å². The molecular weight excluding hydrogens is 255 g/mol. The molecule has 0 aliphatic rings. The van der Waals surface area contributed by atoms with Gasteiger partial charge in [0.15, 0.2) is 0 Å². The topological polar surface area (TPSA) is 80.9 Å². The number of hydrogen-bond acceptors (Lipinski definition) is 5. The predicted molar refractivity (Wildman–Crippen MR) is 67.6 cm³/mol. The van der Waals surface area contributed by atoms with Crippen LogP contribution in [-0.4, -0.2) is 22.6 Å². The van der Waals surface area contributed by atoms with Gasteiger partial charge in [0.05, 0.1) is 0 Å². The maximum absolute atomic E-state index is 13.0. The SMILES string of the molecule is NCCC(=O)Nc1nnc(-c2cccc(F)c2)s1. The van der Waals surface area contributed by atoms with Crippen LogP contribution in [0.25, 0.3) is 10.6 Å². The zero-order valence-corrected chi connectivity index (χ0v) is 10.2. The van der Waals surface area contributed by atoms with Crippen LogP contribution in [0.4, 0.5) is 9.52 Å². The standard InChI is InChI=1S/C11H11FN4OS/c12-8-3-1-2-7(6-8)10-15-16-11(18-10)14-9(17)4-5-13/h1-3,6H,4-5,13H2,(H,14,16,17). The van der Waals surface area contributed by atoms with E-state index >= 15 is 0 Å². The number of nitrogens with zero attached hydrogens (tertiary/aromatic N) is 2. The second kappa shape index (κ2) is 5.65. The number of halogens is 1. The fourth-order valence-corrected chi connectivity index (χ4v) is 2.08. The van der Waals surface area contributed by atoms with Gasteiger partial charge >= 0.3 is 0 Å². The normalized spacial score (nSPS) is 10.3. The summed E-state index contributed by atoms with van der Waals surface area (Å²) in [6.45, 7) is 0.279. The van der Waals surface area contributed by atoms with Crippen molar-refractivity contribution >= 4 is 22.4 Å². The Morgan fingerprint density at radius 2 is 2.28 bits per heavy atom. The summed E-state index contributed by atoms with van der Waals surface area (Å²) >= 11 is 1.19. The van der Waals surface area contributed by atoms with Crippen LogP contribution >= 0.6 is 11.3 Å². The van der Waals surface area contributed by atoms with Crippen LogP contribution in [0, 0.1) is 5.82 Å². The number of anilines is 1. The molecule has 18 heavy (non-hydrogen) atoms. The van der Waals surface area contributed by atoms with Crippen molar-refractivity contribution in [3.8, 4) is 10.6 Å². The summed E-state index contributed by atoms with van der Waals surface area (Å²) in [6.07, 6.45) is 0.231. The molecule has 2 rings (SSSR count). The zero-order chi connectivity index (χ0) is 13.0. The monoisotopic (exact) mass is 266 g/mol. The van der Waals surface area contributed by atoms with E-state index in [0.717, 1.165) is 0 Å². The molecule has 1 aromatic heterocycles. The fraction of sp³-hybridized carbons (Fsp3) is 0.182. The molecule has 7 heteroatoms. The summed E-state index contributed by atoms with van der Waals surface area (Å²) in [5, 5.41) is 11.2. The molecule has 0 aliphatic heterocycles. The number of benzene rings is 1. The molecule has 5 nitrogen and oxygen atoms in total. The molecule has 0 saturated heterocycles. The highest BCUT2D eigenvalue weighted by atomic mass is 32.1. The van der Waals surface area contributed by atoms with Crippen LogP contribution in [0.5, 0.6) is 0 Å². The van der Waals surface area contributed by atoms with Gasteiger partial charge in [-0.25, -0.2) is 4.39 Å². The van der Waals surface area contributed by atoms with E-state index in [4.69, 9.17) is 5.73 Å². The van der Waals surface area contributed by atoms with Crippen molar-refractivity contribution in [2.75, 3.05) is 11.9 Å². The number of carbonyl (C=O) groups is 1.